The molecule has 1 N–H and O–H groups in total. The number of thiophene rings is 1. The van der Waals surface area contributed by atoms with Crippen molar-refractivity contribution in [2.45, 2.75) is 4.90 Å². The Morgan fingerprint density at radius 3 is 2.93 bits per heavy atom. The third-order valence-corrected chi connectivity index (χ3v) is 4.30. The first-order chi connectivity index (χ1) is 6.61. The molecule has 0 unspecified atom stereocenters. The summed E-state index contributed by atoms with van der Waals surface area (Å²) in [6, 6.07) is 3.74. The van der Waals surface area contributed by atoms with Crippen LogP contribution in [0.3, 0.4) is 0 Å². The molecule has 2 rings (SSSR count). The number of thiol groups is 1. The van der Waals surface area contributed by atoms with Crippen LogP contribution in [0.4, 0.5) is 0 Å². The largest absolute Gasteiger partial charge is 0.478 e. The minimum Gasteiger partial charge on any atom is -0.478 e. The number of hydrogen-bond acceptors (Lipinski definition) is 3. The van der Waals surface area contributed by atoms with Gasteiger partial charge < -0.3 is 5.11 Å². The number of aromatic carboxylic acids is 1. The van der Waals surface area contributed by atoms with E-state index in [4.69, 9.17) is 5.11 Å². The van der Waals surface area contributed by atoms with Gasteiger partial charge in [-0.3, -0.25) is 0 Å². The number of carbonyl (C=O) groups is 1. The minimum atomic E-state index is -0.930. The van der Waals surface area contributed by atoms with Crippen LogP contribution in [0.15, 0.2) is 26.9 Å². The van der Waals surface area contributed by atoms with Gasteiger partial charge in [0.2, 0.25) is 0 Å². The van der Waals surface area contributed by atoms with Crippen LogP contribution < -0.4 is 0 Å². The molecular weight excluding hydrogens is 284 g/mol. The van der Waals surface area contributed by atoms with Crippen LogP contribution in [0.25, 0.3) is 10.1 Å². The average molecular weight is 289 g/mol. The third-order valence-electron chi connectivity index (χ3n) is 1.87. The minimum absolute atomic E-state index is 0.294. The number of carboxylic acid groups (broad SMARTS) is 1. The van der Waals surface area contributed by atoms with Crippen molar-refractivity contribution < 1.29 is 9.90 Å². The van der Waals surface area contributed by atoms with E-state index in [1.54, 1.807) is 0 Å². The van der Waals surface area contributed by atoms with Crippen LogP contribution in [0, 0.1) is 0 Å². The highest BCUT2D eigenvalue weighted by Gasteiger charge is 2.16. The van der Waals surface area contributed by atoms with Crippen LogP contribution in [0.2, 0.25) is 0 Å². The Bertz CT molecular complexity index is 519. The predicted octanol–water partition coefficient (Wildman–Crippen LogP) is 3.65. The lowest BCUT2D eigenvalue weighted by Gasteiger charge is -2.03. The Hall–Kier alpha value is -0.520. The van der Waals surface area contributed by atoms with Gasteiger partial charge in [0.15, 0.2) is 0 Å². The van der Waals surface area contributed by atoms with Gasteiger partial charge in [0, 0.05) is 14.1 Å². The summed E-state index contributed by atoms with van der Waals surface area (Å²) in [6.45, 7) is 0. The van der Waals surface area contributed by atoms with E-state index in [1.165, 1.54) is 11.3 Å². The van der Waals surface area contributed by atoms with Crippen molar-refractivity contribution in [1.82, 2.24) is 0 Å². The molecule has 0 bridgehead atoms. The van der Waals surface area contributed by atoms with E-state index in [-0.39, 0.29) is 0 Å². The molecule has 0 fully saturated rings. The molecule has 0 aliphatic carbocycles. The fourth-order valence-corrected chi connectivity index (χ4v) is 3.05. The maximum atomic E-state index is 11.0. The summed E-state index contributed by atoms with van der Waals surface area (Å²) in [7, 11) is 0. The van der Waals surface area contributed by atoms with Gasteiger partial charge >= 0.3 is 5.97 Å². The second-order valence-electron chi connectivity index (χ2n) is 2.73. The maximum absolute atomic E-state index is 11.0. The first-order valence-corrected chi connectivity index (χ1v) is 5.85. The van der Waals surface area contributed by atoms with E-state index in [0.29, 0.717) is 14.9 Å². The summed E-state index contributed by atoms with van der Waals surface area (Å²) in [6.07, 6.45) is 0. The second kappa shape index (κ2) is 3.56. The van der Waals surface area contributed by atoms with Gasteiger partial charge in [-0.2, -0.15) is 0 Å². The summed E-state index contributed by atoms with van der Waals surface area (Å²) >= 11 is 8.86. The van der Waals surface area contributed by atoms with Crippen LogP contribution >= 0.6 is 39.9 Å². The number of hydrogen-bond donors (Lipinski definition) is 2. The van der Waals surface area contributed by atoms with Gasteiger partial charge in [-0.1, -0.05) is 0 Å². The van der Waals surface area contributed by atoms with Crippen LogP contribution in [-0.4, -0.2) is 11.1 Å². The number of rotatable bonds is 1. The van der Waals surface area contributed by atoms with Gasteiger partial charge in [0.05, 0.1) is 5.56 Å². The van der Waals surface area contributed by atoms with Crippen LogP contribution in [0.1, 0.15) is 10.4 Å². The first-order valence-electron chi connectivity index (χ1n) is 3.73. The van der Waals surface area contributed by atoms with Crippen LogP contribution in [0.5, 0.6) is 0 Å². The van der Waals surface area contributed by atoms with Crippen molar-refractivity contribution in [3.8, 4) is 0 Å². The normalized spacial score (nSPS) is 10.7. The number of carboxylic acids is 1. The molecule has 5 heteroatoms. The zero-order valence-electron chi connectivity index (χ0n) is 6.82. The molecule has 0 spiro atoms. The molecule has 0 aliphatic rings. The van der Waals surface area contributed by atoms with Crippen molar-refractivity contribution >= 4 is 56.0 Å². The summed E-state index contributed by atoms with van der Waals surface area (Å²) in [5.41, 5.74) is 0.294. The van der Waals surface area contributed by atoms with Crippen molar-refractivity contribution in [2.75, 3.05) is 0 Å². The zero-order valence-corrected chi connectivity index (χ0v) is 10.1. The first kappa shape index (κ1) is 10.0. The highest BCUT2D eigenvalue weighted by atomic mass is 79.9. The standard InChI is InChI=1S/C9H5BrO2S2/c10-7-5(13)3-4-1-2-14-8(4)6(7)9(11)12/h1-3,13H,(H,11,12). The average Bonchev–Trinajstić information content (AvgIpc) is 2.52. The van der Waals surface area contributed by atoms with E-state index >= 15 is 0 Å². The van der Waals surface area contributed by atoms with Crippen LogP contribution in [-0.2, 0) is 0 Å². The van der Waals surface area contributed by atoms with E-state index in [0.717, 1.165) is 10.1 Å². The molecule has 1 aromatic heterocycles. The molecular formula is C9H5BrO2S2. The third kappa shape index (κ3) is 1.45. The van der Waals surface area contributed by atoms with Gasteiger partial charge in [0.25, 0.3) is 0 Å². The molecule has 0 saturated carbocycles. The monoisotopic (exact) mass is 288 g/mol. The molecule has 0 atom stereocenters. The van der Waals surface area contributed by atoms with Gasteiger partial charge in [-0.05, 0) is 38.8 Å². The molecule has 1 aromatic carbocycles. The molecule has 14 heavy (non-hydrogen) atoms. The molecule has 0 aliphatic heterocycles. The highest BCUT2D eigenvalue weighted by Crippen LogP contribution is 2.35. The molecule has 1 heterocycles. The molecule has 0 saturated heterocycles. The van der Waals surface area contributed by atoms with Crippen molar-refractivity contribution in [2.24, 2.45) is 0 Å². The fraction of sp³-hybridized carbons (Fsp3) is 0. The lowest BCUT2D eigenvalue weighted by molar-refractivity contribution is 0.0698. The van der Waals surface area contributed by atoms with Crippen molar-refractivity contribution in [1.29, 1.82) is 0 Å². The number of benzene rings is 1. The Kier molecular flexibility index (Phi) is 2.55. The van der Waals surface area contributed by atoms with E-state index < -0.39 is 5.97 Å². The van der Waals surface area contributed by atoms with E-state index in [1.807, 2.05) is 17.5 Å². The summed E-state index contributed by atoms with van der Waals surface area (Å²) in [5, 5.41) is 11.8. The molecule has 0 amide bonds. The fourth-order valence-electron chi connectivity index (χ4n) is 1.27. The van der Waals surface area contributed by atoms with Gasteiger partial charge in [-0.15, -0.1) is 24.0 Å². The Morgan fingerprint density at radius 1 is 1.57 bits per heavy atom. The van der Waals surface area contributed by atoms with Gasteiger partial charge in [0.1, 0.15) is 0 Å². The Labute approximate surface area is 98.1 Å². The lowest BCUT2D eigenvalue weighted by atomic mass is 10.2. The van der Waals surface area contributed by atoms with Crippen molar-refractivity contribution in [3.63, 3.8) is 0 Å². The van der Waals surface area contributed by atoms with E-state index in [9.17, 15) is 4.79 Å². The Morgan fingerprint density at radius 2 is 2.29 bits per heavy atom. The second-order valence-corrected chi connectivity index (χ2v) is 4.92. The number of halogens is 1. The van der Waals surface area contributed by atoms with Crippen molar-refractivity contribution in [3.05, 3.63) is 27.5 Å². The SMILES string of the molecule is O=C(O)c1c(Br)c(S)cc2ccsc12. The topological polar surface area (TPSA) is 37.3 Å². The lowest BCUT2D eigenvalue weighted by Crippen LogP contribution is -1.98. The number of fused-ring (bicyclic) bond motifs is 1. The maximum Gasteiger partial charge on any atom is 0.338 e. The molecule has 2 aromatic rings. The quantitative estimate of drug-likeness (QED) is 0.786. The predicted molar refractivity (Wildman–Crippen MR) is 63.7 cm³/mol. The summed E-state index contributed by atoms with van der Waals surface area (Å²) in [4.78, 5) is 11.7. The summed E-state index contributed by atoms with van der Waals surface area (Å²) in [5.74, 6) is -0.930. The summed E-state index contributed by atoms with van der Waals surface area (Å²) < 4.78 is 1.32. The van der Waals surface area contributed by atoms with Gasteiger partial charge in [-0.25, -0.2) is 4.79 Å². The molecule has 72 valence electrons. The van der Waals surface area contributed by atoms with E-state index in [2.05, 4.69) is 28.6 Å². The molecule has 0 radical (unpaired) electrons. The smallest absolute Gasteiger partial charge is 0.338 e. The molecule has 2 nitrogen and oxygen atoms in total. The highest BCUT2D eigenvalue weighted by molar-refractivity contribution is 9.10. The Balaban J connectivity index is 2.93. The zero-order chi connectivity index (χ0) is 10.3.